The van der Waals surface area contributed by atoms with Crippen molar-refractivity contribution in [2.75, 3.05) is 11.9 Å². The Hall–Kier alpha value is -2.44. The van der Waals surface area contributed by atoms with E-state index < -0.39 is 21.3 Å². The molecule has 27 heavy (non-hydrogen) atoms. The van der Waals surface area contributed by atoms with E-state index in [4.69, 9.17) is 0 Å². The number of carbonyl (C=O) groups is 1. The summed E-state index contributed by atoms with van der Waals surface area (Å²) < 4.78 is 15.8. The molecular formula is C21H23N3O2S. The SMILES string of the molecule is CN1C(=O)[C@](NS(=O)C(C)(C)C)(c2c[nH]c3ccccc23)c2ccccc21. The summed E-state index contributed by atoms with van der Waals surface area (Å²) in [5, 5.41) is 0.939. The smallest absolute Gasteiger partial charge is 0.257 e. The molecule has 0 saturated heterocycles. The summed E-state index contributed by atoms with van der Waals surface area (Å²) in [6.07, 6.45) is 1.85. The van der Waals surface area contributed by atoms with Gasteiger partial charge in [0.05, 0.1) is 15.7 Å². The van der Waals surface area contributed by atoms with Gasteiger partial charge in [0.25, 0.3) is 5.91 Å². The standard InChI is InChI=1S/C21H23N3O2S/c1-20(2,3)27(26)23-21(16-13-22-17-11-7-5-9-14(16)17)15-10-6-8-12-18(15)24(4)19(21)25/h5-13,22-23H,1-4H3/t21-,27?/m1/s1. The fraction of sp³-hybridized carbons (Fsp3) is 0.286. The van der Waals surface area contributed by atoms with Crippen molar-refractivity contribution in [2.24, 2.45) is 0 Å². The molecule has 1 aliphatic rings. The number of rotatable bonds is 3. The number of H-pyrrole nitrogens is 1. The van der Waals surface area contributed by atoms with Gasteiger partial charge in [-0.15, -0.1) is 0 Å². The predicted molar refractivity (Wildman–Crippen MR) is 110 cm³/mol. The molecule has 0 fully saturated rings. The average Bonchev–Trinajstić information content (AvgIpc) is 3.16. The van der Waals surface area contributed by atoms with Gasteiger partial charge in [-0.05, 0) is 32.9 Å². The monoisotopic (exact) mass is 381 g/mol. The summed E-state index contributed by atoms with van der Waals surface area (Å²) in [4.78, 5) is 18.5. The number of anilines is 1. The van der Waals surface area contributed by atoms with E-state index >= 15 is 0 Å². The first-order valence-electron chi connectivity index (χ1n) is 8.91. The zero-order valence-electron chi connectivity index (χ0n) is 15.9. The minimum absolute atomic E-state index is 0.133. The molecule has 3 aromatic rings. The Labute approximate surface area is 161 Å². The third-order valence-corrected chi connectivity index (χ3v) is 6.69. The van der Waals surface area contributed by atoms with E-state index in [1.807, 2.05) is 75.5 Å². The largest absolute Gasteiger partial charge is 0.361 e. The highest BCUT2D eigenvalue weighted by Gasteiger charge is 2.53. The molecule has 6 heteroatoms. The first-order valence-corrected chi connectivity index (χ1v) is 10.1. The van der Waals surface area contributed by atoms with Gasteiger partial charge < -0.3 is 9.88 Å². The fourth-order valence-corrected chi connectivity index (χ4v) is 4.54. The number of carbonyl (C=O) groups excluding carboxylic acids is 1. The van der Waals surface area contributed by atoms with Crippen molar-refractivity contribution in [3.05, 3.63) is 65.9 Å². The lowest BCUT2D eigenvalue weighted by Gasteiger charge is -2.32. The molecule has 0 aliphatic carbocycles. The Balaban J connectivity index is 2.03. The molecule has 0 saturated carbocycles. The van der Waals surface area contributed by atoms with Gasteiger partial charge in [0.15, 0.2) is 5.54 Å². The third kappa shape index (κ3) is 2.55. The minimum atomic E-state index is -1.45. The molecule has 5 nitrogen and oxygen atoms in total. The molecule has 2 aromatic carbocycles. The molecule has 140 valence electrons. The van der Waals surface area contributed by atoms with Crippen LogP contribution in [-0.4, -0.2) is 26.9 Å². The molecule has 1 unspecified atom stereocenters. The number of hydrogen-bond acceptors (Lipinski definition) is 2. The number of fused-ring (bicyclic) bond motifs is 2. The Morgan fingerprint density at radius 2 is 1.70 bits per heavy atom. The van der Waals surface area contributed by atoms with Crippen LogP contribution in [0.4, 0.5) is 5.69 Å². The van der Waals surface area contributed by atoms with E-state index in [1.54, 1.807) is 11.9 Å². The summed E-state index contributed by atoms with van der Waals surface area (Å²) in [6.45, 7) is 5.69. The van der Waals surface area contributed by atoms with E-state index in [0.29, 0.717) is 0 Å². The highest BCUT2D eigenvalue weighted by molar-refractivity contribution is 7.84. The second-order valence-corrected chi connectivity index (χ2v) is 9.83. The van der Waals surface area contributed by atoms with Crippen LogP contribution in [0, 0.1) is 0 Å². The molecule has 2 atom stereocenters. The van der Waals surface area contributed by atoms with Crippen LogP contribution in [0.15, 0.2) is 54.7 Å². The number of nitrogens with zero attached hydrogens (tertiary/aromatic N) is 1. The Morgan fingerprint density at radius 3 is 2.44 bits per heavy atom. The van der Waals surface area contributed by atoms with Gasteiger partial charge in [-0.3, -0.25) is 4.79 Å². The summed E-state index contributed by atoms with van der Waals surface area (Å²) in [6, 6.07) is 15.5. The third-order valence-electron chi connectivity index (χ3n) is 5.09. The van der Waals surface area contributed by atoms with Crippen LogP contribution < -0.4 is 9.62 Å². The molecule has 1 aliphatic heterocycles. The van der Waals surface area contributed by atoms with E-state index in [1.165, 1.54) is 0 Å². The van der Waals surface area contributed by atoms with Gasteiger partial charge in [0, 0.05) is 41.0 Å². The minimum Gasteiger partial charge on any atom is -0.361 e. The Morgan fingerprint density at radius 1 is 1.04 bits per heavy atom. The number of hydrogen-bond donors (Lipinski definition) is 2. The van der Waals surface area contributed by atoms with Gasteiger partial charge >= 0.3 is 0 Å². The number of para-hydroxylation sites is 2. The van der Waals surface area contributed by atoms with Crippen LogP contribution in [0.25, 0.3) is 10.9 Å². The number of aromatic amines is 1. The number of nitrogens with one attached hydrogen (secondary N) is 2. The number of amides is 1. The van der Waals surface area contributed by atoms with Crippen LogP contribution in [0.3, 0.4) is 0 Å². The molecule has 0 bridgehead atoms. The molecular weight excluding hydrogens is 358 g/mol. The fourth-order valence-electron chi connectivity index (χ4n) is 3.65. The summed E-state index contributed by atoms with van der Waals surface area (Å²) in [5.74, 6) is -0.133. The summed E-state index contributed by atoms with van der Waals surface area (Å²) >= 11 is 0. The topological polar surface area (TPSA) is 65.2 Å². The van der Waals surface area contributed by atoms with Gasteiger partial charge in [-0.1, -0.05) is 36.4 Å². The highest BCUT2D eigenvalue weighted by Crippen LogP contribution is 2.46. The maximum absolute atomic E-state index is 13.6. The number of aromatic nitrogens is 1. The lowest BCUT2D eigenvalue weighted by molar-refractivity contribution is -0.121. The maximum atomic E-state index is 13.6. The van der Waals surface area contributed by atoms with Crippen molar-refractivity contribution in [1.82, 2.24) is 9.71 Å². The van der Waals surface area contributed by atoms with E-state index in [-0.39, 0.29) is 5.91 Å². The van der Waals surface area contributed by atoms with E-state index in [2.05, 4.69) is 9.71 Å². The first kappa shape index (κ1) is 17.9. The normalized spacial score (nSPS) is 20.9. The highest BCUT2D eigenvalue weighted by atomic mass is 32.2. The lowest BCUT2D eigenvalue weighted by Crippen LogP contribution is -2.54. The summed E-state index contributed by atoms with van der Waals surface area (Å²) in [7, 11) is 0.315. The van der Waals surface area contributed by atoms with Crippen LogP contribution in [0.5, 0.6) is 0 Å². The van der Waals surface area contributed by atoms with Crippen molar-refractivity contribution in [3.63, 3.8) is 0 Å². The van der Waals surface area contributed by atoms with Gasteiger partial charge in [-0.2, -0.15) is 0 Å². The van der Waals surface area contributed by atoms with Gasteiger partial charge in [-0.25, -0.2) is 8.93 Å². The van der Waals surface area contributed by atoms with Crippen molar-refractivity contribution < 1.29 is 9.00 Å². The average molecular weight is 382 g/mol. The van der Waals surface area contributed by atoms with Gasteiger partial charge in [0.1, 0.15) is 0 Å². The molecule has 0 spiro atoms. The zero-order chi connectivity index (χ0) is 19.4. The molecule has 0 radical (unpaired) electrons. The number of likely N-dealkylation sites (N-methyl/N-ethyl adjacent to an activating group) is 1. The molecule has 1 aromatic heterocycles. The Kier molecular flexibility index (Phi) is 4.01. The quantitative estimate of drug-likeness (QED) is 0.730. The summed E-state index contributed by atoms with van der Waals surface area (Å²) in [5.41, 5.74) is 2.17. The molecule has 1 amide bonds. The zero-order valence-corrected chi connectivity index (χ0v) is 16.7. The second-order valence-electron chi connectivity index (χ2n) is 7.86. The van der Waals surface area contributed by atoms with Crippen LogP contribution in [0.1, 0.15) is 31.9 Å². The van der Waals surface area contributed by atoms with E-state index in [9.17, 15) is 9.00 Å². The lowest BCUT2D eigenvalue weighted by atomic mass is 9.84. The van der Waals surface area contributed by atoms with Crippen molar-refractivity contribution in [1.29, 1.82) is 0 Å². The van der Waals surface area contributed by atoms with Crippen molar-refractivity contribution >= 4 is 33.5 Å². The first-order chi connectivity index (χ1) is 12.8. The predicted octanol–water partition coefficient (Wildman–Crippen LogP) is 3.44. The number of benzene rings is 2. The second kappa shape index (κ2) is 6.04. The van der Waals surface area contributed by atoms with Crippen LogP contribution in [0.2, 0.25) is 0 Å². The van der Waals surface area contributed by atoms with Crippen molar-refractivity contribution in [3.8, 4) is 0 Å². The maximum Gasteiger partial charge on any atom is 0.257 e. The van der Waals surface area contributed by atoms with E-state index in [0.717, 1.165) is 27.7 Å². The van der Waals surface area contributed by atoms with Gasteiger partial charge in [0.2, 0.25) is 0 Å². The van der Waals surface area contributed by atoms with Crippen LogP contribution in [-0.2, 0) is 21.3 Å². The molecule has 2 heterocycles. The molecule has 4 rings (SSSR count). The van der Waals surface area contributed by atoms with Crippen LogP contribution >= 0.6 is 0 Å². The Bertz CT molecular complexity index is 1070. The van der Waals surface area contributed by atoms with Crippen molar-refractivity contribution in [2.45, 2.75) is 31.1 Å². The molecule has 2 N–H and O–H groups in total.